The Morgan fingerprint density at radius 2 is 1.89 bits per heavy atom. The second kappa shape index (κ2) is 7.34. The summed E-state index contributed by atoms with van der Waals surface area (Å²) in [6, 6.07) is 3.30. The molecule has 0 atom stereocenters. The molecule has 106 valence electrons. The number of nitrogens with one attached hydrogen (secondary N) is 1. The maximum atomic E-state index is 9.83. The lowest BCUT2D eigenvalue weighted by Crippen LogP contribution is -2.35. The Balaban J connectivity index is 1.76. The Kier molecular flexibility index (Phi) is 5.76. The third-order valence-corrected chi connectivity index (χ3v) is 3.98. The lowest BCUT2D eigenvalue weighted by atomic mass is 10.1. The van der Waals surface area contributed by atoms with Gasteiger partial charge in [0.2, 0.25) is 0 Å². The van der Waals surface area contributed by atoms with Gasteiger partial charge in [-0.1, -0.05) is 29.6 Å². The highest BCUT2D eigenvalue weighted by Gasteiger charge is 2.10. The number of halogens is 2. The molecule has 3 nitrogen and oxygen atoms in total. The van der Waals surface area contributed by atoms with Crippen molar-refractivity contribution in [3.05, 3.63) is 27.7 Å². The van der Waals surface area contributed by atoms with Crippen molar-refractivity contribution in [2.75, 3.05) is 26.2 Å². The van der Waals surface area contributed by atoms with Gasteiger partial charge in [0.25, 0.3) is 0 Å². The summed E-state index contributed by atoms with van der Waals surface area (Å²) in [7, 11) is 0. The van der Waals surface area contributed by atoms with E-state index in [1.54, 1.807) is 12.1 Å². The summed E-state index contributed by atoms with van der Waals surface area (Å²) < 4.78 is 0. The van der Waals surface area contributed by atoms with Crippen LogP contribution in [0.3, 0.4) is 0 Å². The molecule has 1 fully saturated rings. The maximum Gasteiger partial charge on any atom is 0.138 e. The van der Waals surface area contributed by atoms with Gasteiger partial charge in [-0.05, 0) is 38.1 Å². The average molecular weight is 303 g/mol. The normalized spacial score (nSPS) is 16.7. The quantitative estimate of drug-likeness (QED) is 0.820. The minimum Gasteiger partial charge on any atom is -0.506 e. The Morgan fingerprint density at radius 1 is 1.16 bits per heavy atom. The van der Waals surface area contributed by atoms with Crippen LogP contribution in [-0.4, -0.2) is 36.2 Å². The van der Waals surface area contributed by atoms with Gasteiger partial charge in [-0.15, -0.1) is 0 Å². The van der Waals surface area contributed by atoms with E-state index >= 15 is 0 Å². The summed E-state index contributed by atoms with van der Waals surface area (Å²) in [5, 5.41) is 14.0. The summed E-state index contributed by atoms with van der Waals surface area (Å²) in [6.07, 6.45) is 3.98. The molecular weight excluding hydrogens is 283 g/mol. The number of benzene rings is 1. The molecule has 0 radical (unpaired) electrons. The second-order valence-corrected chi connectivity index (χ2v) is 5.82. The summed E-state index contributed by atoms with van der Waals surface area (Å²) in [4.78, 5) is 2.47. The molecule has 2 rings (SSSR count). The average Bonchev–Trinajstić information content (AvgIpc) is 2.41. The Hall–Kier alpha value is -0.480. The van der Waals surface area contributed by atoms with E-state index in [-0.39, 0.29) is 5.75 Å². The molecule has 0 unspecified atom stereocenters. The molecule has 1 aromatic rings. The van der Waals surface area contributed by atoms with Crippen LogP contribution < -0.4 is 5.32 Å². The minimum atomic E-state index is 0.122. The zero-order valence-electron chi connectivity index (χ0n) is 11.0. The molecule has 1 aliphatic rings. The van der Waals surface area contributed by atoms with Crippen LogP contribution in [0.25, 0.3) is 0 Å². The number of piperidine rings is 1. The van der Waals surface area contributed by atoms with E-state index in [9.17, 15) is 5.11 Å². The smallest absolute Gasteiger partial charge is 0.138 e. The van der Waals surface area contributed by atoms with E-state index in [2.05, 4.69) is 10.2 Å². The molecule has 0 aliphatic carbocycles. The van der Waals surface area contributed by atoms with Crippen molar-refractivity contribution in [1.29, 1.82) is 0 Å². The highest BCUT2D eigenvalue weighted by molar-refractivity contribution is 6.35. The van der Waals surface area contributed by atoms with Gasteiger partial charge in [0.05, 0.1) is 5.02 Å². The van der Waals surface area contributed by atoms with Crippen LogP contribution in [0.1, 0.15) is 24.8 Å². The van der Waals surface area contributed by atoms with Gasteiger partial charge in [0.15, 0.2) is 0 Å². The second-order valence-electron chi connectivity index (χ2n) is 4.97. The topological polar surface area (TPSA) is 35.5 Å². The van der Waals surface area contributed by atoms with Crippen LogP contribution in [0.2, 0.25) is 10.0 Å². The summed E-state index contributed by atoms with van der Waals surface area (Å²) >= 11 is 11.8. The van der Waals surface area contributed by atoms with Crippen LogP contribution in [0.15, 0.2) is 12.1 Å². The molecule has 1 aromatic carbocycles. The Bertz CT molecular complexity index is 420. The van der Waals surface area contributed by atoms with Crippen molar-refractivity contribution >= 4 is 23.2 Å². The van der Waals surface area contributed by atoms with E-state index in [0.29, 0.717) is 16.6 Å². The molecule has 0 bridgehead atoms. The zero-order chi connectivity index (χ0) is 13.7. The highest BCUT2D eigenvalue weighted by atomic mass is 35.5. The van der Waals surface area contributed by atoms with Crippen molar-refractivity contribution in [2.45, 2.75) is 25.8 Å². The van der Waals surface area contributed by atoms with Crippen molar-refractivity contribution < 1.29 is 5.11 Å². The van der Waals surface area contributed by atoms with E-state index in [4.69, 9.17) is 23.2 Å². The predicted molar refractivity (Wildman–Crippen MR) is 80.1 cm³/mol. The van der Waals surface area contributed by atoms with Crippen LogP contribution in [0.4, 0.5) is 0 Å². The van der Waals surface area contributed by atoms with Gasteiger partial charge in [-0.3, -0.25) is 0 Å². The number of phenols is 1. The minimum absolute atomic E-state index is 0.122. The van der Waals surface area contributed by atoms with E-state index in [1.165, 1.54) is 32.4 Å². The molecule has 2 N–H and O–H groups in total. The first-order valence-electron chi connectivity index (χ1n) is 6.77. The molecule has 0 aromatic heterocycles. The SMILES string of the molecule is Oc1c(Cl)cc(Cl)cc1CNCCN1CCCCC1. The number of rotatable bonds is 5. The van der Waals surface area contributed by atoms with Crippen LogP contribution in [0, 0.1) is 0 Å². The lowest BCUT2D eigenvalue weighted by Gasteiger charge is -2.26. The molecule has 1 heterocycles. The van der Waals surface area contributed by atoms with Gasteiger partial charge in [0.1, 0.15) is 5.75 Å². The largest absolute Gasteiger partial charge is 0.506 e. The fraction of sp³-hybridized carbons (Fsp3) is 0.571. The van der Waals surface area contributed by atoms with Crippen molar-refractivity contribution in [1.82, 2.24) is 10.2 Å². The van der Waals surface area contributed by atoms with Crippen molar-refractivity contribution in [2.24, 2.45) is 0 Å². The number of hydrogen-bond acceptors (Lipinski definition) is 3. The maximum absolute atomic E-state index is 9.83. The molecule has 5 heteroatoms. The van der Waals surface area contributed by atoms with Gasteiger partial charge in [-0.25, -0.2) is 0 Å². The van der Waals surface area contributed by atoms with E-state index in [0.717, 1.165) is 18.7 Å². The Labute approximate surface area is 124 Å². The molecule has 19 heavy (non-hydrogen) atoms. The first kappa shape index (κ1) is 14.9. The first-order valence-corrected chi connectivity index (χ1v) is 7.52. The molecular formula is C14H20Cl2N2O. The zero-order valence-corrected chi connectivity index (χ0v) is 12.5. The molecule has 0 saturated carbocycles. The van der Waals surface area contributed by atoms with E-state index < -0.39 is 0 Å². The van der Waals surface area contributed by atoms with Gasteiger partial charge < -0.3 is 15.3 Å². The summed E-state index contributed by atoms with van der Waals surface area (Å²) in [5.41, 5.74) is 0.746. The van der Waals surface area contributed by atoms with Gasteiger partial charge >= 0.3 is 0 Å². The monoisotopic (exact) mass is 302 g/mol. The molecule has 0 spiro atoms. The lowest BCUT2D eigenvalue weighted by molar-refractivity contribution is 0.229. The molecule has 1 saturated heterocycles. The van der Waals surface area contributed by atoms with Crippen LogP contribution in [-0.2, 0) is 6.54 Å². The number of aromatic hydroxyl groups is 1. The van der Waals surface area contributed by atoms with Gasteiger partial charge in [-0.2, -0.15) is 0 Å². The van der Waals surface area contributed by atoms with E-state index in [1.807, 2.05) is 0 Å². The van der Waals surface area contributed by atoms with Crippen LogP contribution in [0.5, 0.6) is 5.75 Å². The number of hydrogen-bond donors (Lipinski definition) is 2. The fourth-order valence-electron chi connectivity index (χ4n) is 2.40. The van der Waals surface area contributed by atoms with Crippen molar-refractivity contribution in [3.63, 3.8) is 0 Å². The number of phenolic OH excluding ortho intramolecular Hbond substituents is 1. The van der Waals surface area contributed by atoms with Crippen molar-refractivity contribution in [3.8, 4) is 5.75 Å². The van der Waals surface area contributed by atoms with Gasteiger partial charge in [0, 0.05) is 30.2 Å². The first-order chi connectivity index (χ1) is 9.16. The molecule has 1 aliphatic heterocycles. The predicted octanol–water partition coefficient (Wildman–Crippen LogP) is 3.27. The standard InChI is InChI=1S/C14H20Cl2N2O/c15-12-8-11(14(19)13(16)9-12)10-17-4-7-18-5-2-1-3-6-18/h8-9,17,19H,1-7,10H2. The highest BCUT2D eigenvalue weighted by Crippen LogP contribution is 2.30. The third-order valence-electron chi connectivity index (χ3n) is 3.48. The Morgan fingerprint density at radius 3 is 2.63 bits per heavy atom. The third kappa shape index (κ3) is 4.53. The summed E-state index contributed by atoms with van der Waals surface area (Å²) in [6.45, 7) is 4.95. The van der Waals surface area contributed by atoms with Crippen LogP contribution >= 0.6 is 23.2 Å². The number of likely N-dealkylation sites (tertiary alicyclic amines) is 1. The fourth-order valence-corrected chi connectivity index (χ4v) is 2.93. The number of nitrogens with zero attached hydrogens (tertiary/aromatic N) is 1. The molecule has 0 amide bonds. The summed E-state index contributed by atoms with van der Waals surface area (Å²) in [5.74, 6) is 0.122.